The zero-order valence-electron chi connectivity index (χ0n) is 14.6. The van der Waals surface area contributed by atoms with Gasteiger partial charge in [0.05, 0.1) is 0 Å². The monoisotopic (exact) mass is 468 g/mol. The van der Waals surface area contributed by atoms with E-state index >= 15 is 0 Å². The summed E-state index contributed by atoms with van der Waals surface area (Å²) >= 11 is 0. The highest BCUT2D eigenvalue weighted by atomic mass is 127. The molecule has 2 rings (SSSR count). The Hall–Kier alpha value is -1.16. The zero-order valence-corrected chi connectivity index (χ0v) is 17.0. The molecule has 0 radical (unpaired) electrons. The topological polar surface area (TPSA) is 59.9 Å². The Bertz CT molecular complexity index is 553. The van der Waals surface area contributed by atoms with Gasteiger partial charge in [0.25, 0.3) is 0 Å². The lowest BCUT2D eigenvalue weighted by Crippen LogP contribution is -2.45. The SMILES string of the molecule is CCNC(=NCC(C)CO)NC1CCN(c2c(F)cccc2F)C1.I. The third-order valence-electron chi connectivity index (χ3n) is 4.00. The lowest BCUT2D eigenvalue weighted by atomic mass is 10.2. The maximum absolute atomic E-state index is 13.9. The van der Waals surface area contributed by atoms with Gasteiger partial charge in [-0.2, -0.15) is 0 Å². The minimum Gasteiger partial charge on any atom is -0.396 e. The van der Waals surface area contributed by atoms with Crippen LogP contribution in [0.1, 0.15) is 20.3 Å². The number of aliphatic hydroxyl groups excluding tert-OH is 1. The van der Waals surface area contributed by atoms with Crippen LogP contribution in [0.25, 0.3) is 0 Å². The van der Waals surface area contributed by atoms with Gasteiger partial charge in [-0.15, -0.1) is 24.0 Å². The van der Waals surface area contributed by atoms with Gasteiger partial charge in [0.15, 0.2) is 5.96 Å². The van der Waals surface area contributed by atoms with Crippen molar-refractivity contribution in [2.24, 2.45) is 10.9 Å². The Morgan fingerprint density at radius 3 is 2.68 bits per heavy atom. The molecule has 0 aliphatic carbocycles. The van der Waals surface area contributed by atoms with Crippen LogP contribution in [0.4, 0.5) is 14.5 Å². The average Bonchev–Trinajstić information content (AvgIpc) is 3.00. The first-order valence-corrected chi connectivity index (χ1v) is 8.39. The van der Waals surface area contributed by atoms with Crippen molar-refractivity contribution in [3.8, 4) is 0 Å². The van der Waals surface area contributed by atoms with Gasteiger partial charge in [-0.3, -0.25) is 4.99 Å². The number of nitrogens with zero attached hydrogens (tertiary/aromatic N) is 2. The normalized spacial score (nSPS) is 18.7. The van der Waals surface area contributed by atoms with Gasteiger partial charge in [0.2, 0.25) is 0 Å². The van der Waals surface area contributed by atoms with Crippen molar-refractivity contribution >= 4 is 35.6 Å². The standard InChI is InChI=1S/C17H26F2N4O.HI/c1-3-20-17(21-9-12(2)11-24)22-13-7-8-23(10-13)16-14(18)5-4-6-15(16)19;/h4-6,12-13,24H,3,7-11H2,1-2H3,(H2,20,21,22);1H. The molecule has 25 heavy (non-hydrogen) atoms. The first-order chi connectivity index (χ1) is 11.5. The third-order valence-corrected chi connectivity index (χ3v) is 4.00. The number of aliphatic imine (C=N–C) groups is 1. The molecule has 0 saturated carbocycles. The van der Waals surface area contributed by atoms with Crippen molar-refractivity contribution in [3.63, 3.8) is 0 Å². The molecular formula is C17H27F2IN4O. The van der Waals surface area contributed by atoms with E-state index in [2.05, 4.69) is 15.6 Å². The van der Waals surface area contributed by atoms with Crippen molar-refractivity contribution in [1.29, 1.82) is 0 Å². The number of aliphatic hydroxyl groups is 1. The number of hydrogen-bond acceptors (Lipinski definition) is 3. The van der Waals surface area contributed by atoms with Crippen molar-refractivity contribution in [1.82, 2.24) is 10.6 Å². The van der Waals surface area contributed by atoms with E-state index < -0.39 is 11.6 Å². The molecule has 142 valence electrons. The van der Waals surface area contributed by atoms with Crippen LogP contribution in [0.15, 0.2) is 23.2 Å². The van der Waals surface area contributed by atoms with Crippen LogP contribution < -0.4 is 15.5 Å². The number of rotatable bonds is 6. The Labute approximate surface area is 164 Å². The second-order valence-corrected chi connectivity index (χ2v) is 6.15. The maximum Gasteiger partial charge on any atom is 0.191 e. The molecule has 1 heterocycles. The predicted octanol–water partition coefficient (Wildman–Crippen LogP) is 2.35. The highest BCUT2D eigenvalue weighted by Gasteiger charge is 2.27. The molecule has 0 aromatic heterocycles. The predicted molar refractivity (Wildman–Crippen MR) is 108 cm³/mol. The molecule has 0 bridgehead atoms. The summed E-state index contributed by atoms with van der Waals surface area (Å²) in [6.45, 7) is 6.32. The van der Waals surface area contributed by atoms with Crippen LogP contribution >= 0.6 is 24.0 Å². The van der Waals surface area contributed by atoms with Crippen molar-refractivity contribution in [3.05, 3.63) is 29.8 Å². The minimum atomic E-state index is -0.534. The number of para-hydroxylation sites is 1. The maximum atomic E-state index is 13.9. The fourth-order valence-electron chi connectivity index (χ4n) is 2.69. The van der Waals surface area contributed by atoms with Gasteiger partial charge in [-0.05, 0) is 31.4 Å². The van der Waals surface area contributed by atoms with Gasteiger partial charge in [-0.1, -0.05) is 13.0 Å². The Morgan fingerprint density at radius 1 is 1.40 bits per heavy atom. The van der Waals surface area contributed by atoms with Crippen LogP contribution in [0.3, 0.4) is 0 Å². The van der Waals surface area contributed by atoms with E-state index in [0.717, 1.165) is 13.0 Å². The molecule has 1 aliphatic rings. The van der Waals surface area contributed by atoms with E-state index in [4.69, 9.17) is 5.11 Å². The van der Waals surface area contributed by atoms with Crippen LogP contribution in [0.5, 0.6) is 0 Å². The van der Waals surface area contributed by atoms with Crippen LogP contribution in [0.2, 0.25) is 0 Å². The van der Waals surface area contributed by atoms with Gasteiger partial charge >= 0.3 is 0 Å². The Balaban J connectivity index is 0.00000312. The number of halogens is 3. The van der Waals surface area contributed by atoms with Crippen molar-refractivity contribution < 1.29 is 13.9 Å². The summed E-state index contributed by atoms with van der Waals surface area (Å²) in [5.41, 5.74) is 0.0395. The molecule has 0 spiro atoms. The number of guanidine groups is 1. The lowest BCUT2D eigenvalue weighted by molar-refractivity contribution is 0.241. The highest BCUT2D eigenvalue weighted by Crippen LogP contribution is 2.26. The summed E-state index contributed by atoms with van der Waals surface area (Å²) in [6, 6.07) is 3.99. The third kappa shape index (κ3) is 6.25. The van der Waals surface area contributed by atoms with E-state index in [-0.39, 0.29) is 48.2 Å². The molecule has 5 nitrogen and oxygen atoms in total. The van der Waals surface area contributed by atoms with Gasteiger partial charge in [0, 0.05) is 38.8 Å². The first kappa shape index (κ1) is 21.9. The molecule has 2 atom stereocenters. The van der Waals surface area contributed by atoms with E-state index in [1.807, 2.05) is 13.8 Å². The largest absolute Gasteiger partial charge is 0.396 e. The number of hydrogen-bond donors (Lipinski definition) is 3. The van der Waals surface area contributed by atoms with Crippen LogP contribution in [-0.2, 0) is 0 Å². The van der Waals surface area contributed by atoms with Gasteiger partial charge < -0.3 is 20.6 Å². The molecular weight excluding hydrogens is 441 g/mol. The molecule has 1 fully saturated rings. The Kier molecular flexibility index (Phi) is 9.41. The number of anilines is 1. The fraction of sp³-hybridized carbons (Fsp3) is 0.588. The molecule has 0 amide bonds. The molecule has 8 heteroatoms. The molecule has 1 aromatic carbocycles. The summed E-state index contributed by atoms with van der Waals surface area (Å²) in [5, 5.41) is 15.5. The molecule has 1 aromatic rings. The molecule has 3 N–H and O–H groups in total. The summed E-state index contributed by atoms with van der Waals surface area (Å²) < 4.78 is 27.8. The smallest absolute Gasteiger partial charge is 0.191 e. The average molecular weight is 468 g/mol. The summed E-state index contributed by atoms with van der Waals surface area (Å²) in [5.74, 6) is -0.312. The summed E-state index contributed by atoms with van der Waals surface area (Å²) in [7, 11) is 0. The van der Waals surface area contributed by atoms with Gasteiger partial charge in [0.1, 0.15) is 17.3 Å². The van der Waals surface area contributed by atoms with E-state index in [0.29, 0.717) is 25.6 Å². The van der Waals surface area contributed by atoms with Crippen LogP contribution in [0, 0.1) is 17.6 Å². The highest BCUT2D eigenvalue weighted by molar-refractivity contribution is 14.0. The van der Waals surface area contributed by atoms with Crippen molar-refractivity contribution in [2.75, 3.05) is 37.7 Å². The van der Waals surface area contributed by atoms with E-state index in [1.165, 1.54) is 18.2 Å². The Morgan fingerprint density at radius 2 is 2.08 bits per heavy atom. The summed E-state index contributed by atoms with van der Waals surface area (Å²) in [4.78, 5) is 6.17. The molecule has 1 aliphatic heterocycles. The molecule has 1 saturated heterocycles. The van der Waals surface area contributed by atoms with E-state index in [1.54, 1.807) is 4.90 Å². The second-order valence-electron chi connectivity index (χ2n) is 6.15. The summed E-state index contributed by atoms with van der Waals surface area (Å²) in [6.07, 6.45) is 0.772. The first-order valence-electron chi connectivity index (χ1n) is 8.39. The number of nitrogens with one attached hydrogen (secondary N) is 2. The molecule has 2 unspecified atom stereocenters. The van der Waals surface area contributed by atoms with Crippen LogP contribution in [-0.4, -0.2) is 49.9 Å². The fourth-order valence-corrected chi connectivity index (χ4v) is 2.69. The lowest BCUT2D eigenvalue weighted by Gasteiger charge is -2.21. The van der Waals surface area contributed by atoms with Gasteiger partial charge in [-0.25, -0.2) is 8.78 Å². The minimum absolute atomic E-state index is 0. The zero-order chi connectivity index (χ0) is 17.5. The quantitative estimate of drug-likeness (QED) is 0.341. The van der Waals surface area contributed by atoms with Crippen molar-refractivity contribution in [2.45, 2.75) is 26.3 Å². The number of benzene rings is 1. The van der Waals surface area contributed by atoms with E-state index in [9.17, 15) is 8.78 Å². The second kappa shape index (κ2) is 10.7.